The molecule has 0 bridgehead atoms. The van der Waals surface area contributed by atoms with Gasteiger partial charge < -0.3 is 14.5 Å². The van der Waals surface area contributed by atoms with Crippen molar-refractivity contribution in [3.63, 3.8) is 0 Å². The van der Waals surface area contributed by atoms with E-state index in [1.807, 2.05) is 12.1 Å². The SMILES string of the molecule is c1coc(-c2nc3sc4c(NCC5CCCO5)ncnc4c3c3c2CCCC3)c1. The number of aromatic nitrogens is 3. The molecule has 4 aromatic heterocycles. The number of furan rings is 1. The van der Waals surface area contributed by atoms with Crippen molar-refractivity contribution in [2.24, 2.45) is 0 Å². The Labute approximate surface area is 172 Å². The van der Waals surface area contributed by atoms with Crippen LogP contribution in [-0.4, -0.2) is 34.2 Å². The lowest BCUT2D eigenvalue weighted by Gasteiger charge is -2.19. The van der Waals surface area contributed by atoms with E-state index in [0.29, 0.717) is 0 Å². The average Bonchev–Trinajstić information content (AvgIpc) is 3.52. The Hall–Kier alpha value is -2.51. The van der Waals surface area contributed by atoms with Crippen LogP contribution in [0.5, 0.6) is 0 Å². The van der Waals surface area contributed by atoms with Crippen LogP contribution in [0.1, 0.15) is 36.8 Å². The number of nitrogens with one attached hydrogen (secondary N) is 1. The quantitative estimate of drug-likeness (QED) is 0.516. The van der Waals surface area contributed by atoms with E-state index in [0.717, 1.165) is 71.2 Å². The van der Waals surface area contributed by atoms with Gasteiger partial charge in [-0.05, 0) is 61.8 Å². The molecule has 1 fully saturated rings. The molecule has 0 saturated carbocycles. The highest BCUT2D eigenvalue weighted by Crippen LogP contribution is 2.42. The van der Waals surface area contributed by atoms with Gasteiger partial charge in [0.15, 0.2) is 5.76 Å². The Bertz CT molecular complexity index is 1180. The molecule has 0 aromatic carbocycles. The minimum absolute atomic E-state index is 0.269. The molecule has 29 heavy (non-hydrogen) atoms. The predicted molar refractivity (Wildman–Crippen MR) is 115 cm³/mol. The summed E-state index contributed by atoms with van der Waals surface area (Å²) in [5, 5.41) is 4.71. The number of aryl methyl sites for hydroxylation is 1. The number of hydrogen-bond donors (Lipinski definition) is 1. The standard InChI is InChI=1S/C22H22N4O2S/c1-2-7-15-14(6-1)17-19-20(29-22(17)26-18(15)16-8-4-10-28-16)21(25-12-24-19)23-11-13-5-3-9-27-13/h4,8,10,12-13H,1-3,5-7,9,11H2,(H,23,24,25). The summed E-state index contributed by atoms with van der Waals surface area (Å²) in [4.78, 5) is 15.3. The summed E-state index contributed by atoms with van der Waals surface area (Å²) < 4.78 is 12.5. The van der Waals surface area contributed by atoms with E-state index in [-0.39, 0.29) is 6.10 Å². The van der Waals surface area contributed by atoms with Crippen molar-refractivity contribution in [3.05, 3.63) is 35.9 Å². The van der Waals surface area contributed by atoms with E-state index in [1.165, 1.54) is 29.4 Å². The highest BCUT2D eigenvalue weighted by molar-refractivity contribution is 7.26. The molecule has 0 spiro atoms. The average molecular weight is 407 g/mol. The number of nitrogens with zero attached hydrogens (tertiary/aromatic N) is 3. The summed E-state index contributed by atoms with van der Waals surface area (Å²) in [6.45, 7) is 1.64. The second kappa shape index (κ2) is 7.07. The summed E-state index contributed by atoms with van der Waals surface area (Å²) in [5.74, 6) is 1.74. The van der Waals surface area contributed by atoms with E-state index in [4.69, 9.17) is 14.1 Å². The van der Waals surface area contributed by atoms with Crippen LogP contribution >= 0.6 is 11.3 Å². The molecule has 7 heteroatoms. The maximum atomic E-state index is 5.75. The molecule has 0 amide bonds. The van der Waals surface area contributed by atoms with E-state index in [2.05, 4.69) is 15.3 Å². The third-order valence-electron chi connectivity index (χ3n) is 6.00. The van der Waals surface area contributed by atoms with Crippen LogP contribution in [0.4, 0.5) is 5.82 Å². The first-order chi connectivity index (χ1) is 14.4. The number of rotatable bonds is 4. The van der Waals surface area contributed by atoms with E-state index in [9.17, 15) is 0 Å². The molecule has 1 N–H and O–H groups in total. The molecule has 2 aliphatic rings. The Morgan fingerprint density at radius 1 is 1.14 bits per heavy atom. The number of fused-ring (bicyclic) bond motifs is 5. The van der Waals surface area contributed by atoms with Crippen molar-refractivity contribution in [3.8, 4) is 11.5 Å². The monoisotopic (exact) mass is 406 g/mol. The lowest BCUT2D eigenvalue weighted by atomic mass is 9.88. The van der Waals surface area contributed by atoms with Crippen molar-refractivity contribution in [1.29, 1.82) is 0 Å². The Kier molecular flexibility index (Phi) is 4.23. The number of thiophene rings is 1. The fourth-order valence-corrected chi connectivity index (χ4v) is 5.74. The summed E-state index contributed by atoms with van der Waals surface area (Å²) in [6.07, 6.45) is 10.4. The summed E-state index contributed by atoms with van der Waals surface area (Å²) in [6, 6.07) is 3.94. The van der Waals surface area contributed by atoms with E-state index >= 15 is 0 Å². The van der Waals surface area contributed by atoms with Gasteiger partial charge in [0.1, 0.15) is 22.7 Å². The van der Waals surface area contributed by atoms with Crippen LogP contribution < -0.4 is 5.32 Å². The van der Waals surface area contributed by atoms with Gasteiger partial charge in [0.2, 0.25) is 0 Å². The molecule has 1 unspecified atom stereocenters. The van der Waals surface area contributed by atoms with Crippen LogP contribution in [0.3, 0.4) is 0 Å². The second-order valence-corrected chi connectivity index (χ2v) is 8.80. The molecular weight excluding hydrogens is 384 g/mol. The molecule has 6 rings (SSSR count). The fraction of sp³-hybridized carbons (Fsp3) is 0.409. The van der Waals surface area contributed by atoms with Gasteiger partial charge in [0.25, 0.3) is 0 Å². The summed E-state index contributed by atoms with van der Waals surface area (Å²) in [7, 11) is 0. The van der Waals surface area contributed by atoms with Crippen LogP contribution in [0.15, 0.2) is 29.1 Å². The maximum absolute atomic E-state index is 5.75. The zero-order valence-electron chi connectivity index (χ0n) is 16.1. The molecule has 148 valence electrons. The van der Waals surface area contributed by atoms with Crippen molar-refractivity contribution in [2.45, 2.75) is 44.6 Å². The van der Waals surface area contributed by atoms with Gasteiger partial charge in [0.05, 0.1) is 22.6 Å². The Morgan fingerprint density at radius 2 is 2.07 bits per heavy atom. The summed E-state index contributed by atoms with van der Waals surface area (Å²) in [5.41, 5.74) is 4.73. The fourth-order valence-electron chi connectivity index (χ4n) is 4.62. The molecule has 1 saturated heterocycles. The summed E-state index contributed by atoms with van der Waals surface area (Å²) >= 11 is 1.67. The number of pyridine rings is 1. The smallest absolute Gasteiger partial charge is 0.152 e. The van der Waals surface area contributed by atoms with E-state index < -0.39 is 0 Å². The minimum atomic E-state index is 0.269. The van der Waals surface area contributed by atoms with Crippen molar-refractivity contribution in [1.82, 2.24) is 15.0 Å². The van der Waals surface area contributed by atoms with Gasteiger partial charge in [-0.1, -0.05) is 0 Å². The molecule has 1 atom stereocenters. The van der Waals surface area contributed by atoms with Crippen molar-refractivity contribution in [2.75, 3.05) is 18.5 Å². The molecule has 4 aromatic rings. The first-order valence-corrected chi connectivity index (χ1v) is 11.2. The van der Waals surface area contributed by atoms with Gasteiger partial charge in [-0.25, -0.2) is 15.0 Å². The number of hydrogen-bond acceptors (Lipinski definition) is 7. The normalized spacial score (nSPS) is 19.1. The molecule has 0 radical (unpaired) electrons. The molecule has 6 nitrogen and oxygen atoms in total. The number of ether oxygens (including phenoxy) is 1. The van der Waals surface area contributed by atoms with Gasteiger partial charge in [-0.15, -0.1) is 11.3 Å². The topological polar surface area (TPSA) is 73.1 Å². The van der Waals surface area contributed by atoms with E-state index in [1.54, 1.807) is 23.9 Å². The molecular formula is C22H22N4O2S. The van der Waals surface area contributed by atoms with Crippen molar-refractivity contribution >= 4 is 37.6 Å². The highest BCUT2D eigenvalue weighted by atomic mass is 32.1. The zero-order chi connectivity index (χ0) is 19.2. The predicted octanol–water partition coefficient (Wildman–Crippen LogP) is 4.97. The van der Waals surface area contributed by atoms with Gasteiger partial charge >= 0.3 is 0 Å². The van der Waals surface area contributed by atoms with Crippen LogP contribution in [0.2, 0.25) is 0 Å². The lowest BCUT2D eigenvalue weighted by molar-refractivity contribution is 0.120. The zero-order valence-corrected chi connectivity index (χ0v) is 16.9. The van der Waals surface area contributed by atoms with Gasteiger partial charge in [-0.3, -0.25) is 0 Å². The first kappa shape index (κ1) is 17.4. The van der Waals surface area contributed by atoms with Crippen LogP contribution in [0, 0.1) is 0 Å². The third kappa shape index (κ3) is 2.91. The highest BCUT2D eigenvalue weighted by Gasteiger charge is 2.25. The second-order valence-electron chi connectivity index (χ2n) is 7.80. The molecule has 1 aliphatic heterocycles. The minimum Gasteiger partial charge on any atom is -0.463 e. The lowest BCUT2D eigenvalue weighted by Crippen LogP contribution is -2.18. The maximum Gasteiger partial charge on any atom is 0.152 e. The Balaban J connectivity index is 1.51. The number of anilines is 1. The van der Waals surface area contributed by atoms with Gasteiger partial charge in [0, 0.05) is 18.5 Å². The largest absolute Gasteiger partial charge is 0.463 e. The van der Waals surface area contributed by atoms with Gasteiger partial charge in [-0.2, -0.15) is 0 Å². The van der Waals surface area contributed by atoms with Crippen LogP contribution in [0.25, 0.3) is 31.9 Å². The van der Waals surface area contributed by atoms with Crippen LogP contribution in [-0.2, 0) is 17.6 Å². The van der Waals surface area contributed by atoms with Crippen molar-refractivity contribution < 1.29 is 9.15 Å². The molecule has 5 heterocycles. The third-order valence-corrected chi connectivity index (χ3v) is 7.08. The molecule has 1 aliphatic carbocycles. The Morgan fingerprint density at radius 3 is 2.90 bits per heavy atom. The first-order valence-electron chi connectivity index (χ1n) is 10.4.